The van der Waals surface area contributed by atoms with Gasteiger partial charge in [-0.2, -0.15) is 0 Å². The van der Waals surface area contributed by atoms with Gasteiger partial charge < -0.3 is 14.9 Å². The van der Waals surface area contributed by atoms with Crippen molar-refractivity contribution >= 4 is 0 Å². The molecule has 4 heteroatoms. The molecule has 2 atom stereocenters. The van der Waals surface area contributed by atoms with E-state index in [2.05, 4.69) is 4.90 Å². The zero-order valence-electron chi connectivity index (χ0n) is 12.7. The highest BCUT2D eigenvalue weighted by Gasteiger charge is 2.24. The van der Waals surface area contributed by atoms with E-state index in [1.165, 1.54) is 32.1 Å². The minimum Gasteiger partial charge on any atom is -0.392 e. The summed E-state index contributed by atoms with van der Waals surface area (Å²) in [6, 6.07) is 0.511. The van der Waals surface area contributed by atoms with E-state index in [1.54, 1.807) is 0 Å². The average molecular weight is 273 g/mol. The molecule has 19 heavy (non-hydrogen) atoms. The maximum absolute atomic E-state index is 10.1. The number of aliphatic hydroxyl groups excluding tert-OH is 2. The summed E-state index contributed by atoms with van der Waals surface area (Å²) in [7, 11) is 0. The maximum atomic E-state index is 10.1. The molecule has 0 spiro atoms. The summed E-state index contributed by atoms with van der Waals surface area (Å²) in [6.07, 6.45) is 5.55. The number of aliphatic hydroxyl groups is 2. The summed E-state index contributed by atoms with van der Waals surface area (Å²) in [5.74, 6) is 0. The molecule has 0 saturated heterocycles. The van der Waals surface area contributed by atoms with Crippen molar-refractivity contribution in [1.82, 2.24) is 4.90 Å². The normalized spacial score (nSPS) is 21.0. The third kappa shape index (κ3) is 7.25. The molecular formula is C15H31NO3. The van der Waals surface area contributed by atoms with Crippen molar-refractivity contribution in [1.29, 1.82) is 0 Å². The Balaban J connectivity index is 2.43. The molecule has 0 bridgehead atoms. The molecule has 1 fully saturated rings. The molecule has 0 amide bonds. The lowest BCUT2D eigenvalue weighted by atomic mass is 9.93. The molecule has 2 N–H and O–H groups in total. The van der Waals surface area contributed by atoms with E-state index in [4.69, 9.17) is 4.74 Å². The van der Waals surface area contributed by atoms with Crippen molar-refractivity contribution in [3.8, 4) is 0 Å². The molecule has 1 aliphatic rings. The van der Waals surface area contributed by atoms with Crippen LogP contribution >= 0.6 is 0 Å². The fraction of sp³-hybridized carbons (Fsp3) is 1.00. The molecule has 2 unspecified atom stereocenters. The standard InChI is InChI=1S/C15H31NO3/c1-12(2)19-11-15(18)10-16(9-13(3)17)14-7-5-4-6-8-14/h12-15,17-18H,4-11H2,1-3H3. The number of nitrogens with zero attached hydrogens (tertiary/aromatic N) is 1. The minimum absolute atomic E-state index is 0.148. The minimum atomic E-state index is -0.469. The smallest absolute Gasteiger partial charge is 0.0900 e. The quantitative estimate of drug-likeness (QED) is 0.708. The van der Waals surface area contributed by atoms with E-state index >= 15 is 0 Å². The molecule has 0 aromatic rings. The second kappa shape index (κ2) is 8.90. The van der Waals surface area contributed by atoms with E-state index < -0.39 is 6.10 Å². The van der Waals surface area contributed by atoms with Gasteiger partial charge in [0.2, 0.25) is 0 Å². The largest absolute Gasteiger partial charge is 0.392 e. The van der Waals surface area contributed by atoms with Crippen molar-refractivity contribution in [2.24, 2.45) is 0 Å². The number of ether oxygens (including phenoxy) is 1. The summed E-state index contributed by atoms with van der Waals surface area (Å²) in [6.45, 7) is 7.38. The van der Waals surface area contributed by atoms with Crippen LogP contribution in [0.2, 0.25) is 0 Å². The van der Waals surface area contributed by atoms with Crippen LogP contribution < -0.4 is 0 Å². The van der Waals surface area contributed by atoms with Crippen LogP contribution in [0, 0.1) is 0 Å². The fourth-order valence-corrected chi connectivity index (χ4v) is 2.79. The van der Waals surface area contributed by atoms with Gasteiger partial charge in [-0.05, 0) is 33.6 Å². The molecule has 114 valence electrons. The van der Waals surface area contributed by atoms with E-state index in [0.717, 1.165) is 0 Å². The van der Waals surface area contributed by atoms with E-state index in [1.807, 2.05) is 20.8 Å². The monoisotopic (exact) mass is 273 g/mol. The molecule has 4 nitrogen and oxygen atoms in total. The second-order valence-corrected chi connectivity index (χ2v) is 6.13. The molecule has 0 aromatic carbocycles. The lowest BCUT2D eigenvalue weighted by Gasteiger charge is -2.36. The SMILES string of the molecule is CC(O)CN(CC(O)COC(C)C)C1CCCCC1. The first kappa shape index (κ1) is 16.9. The van der Waals surface area contributed by atoms with Crippen LogP contribution in [-0.4, -0.2) is 59.2 Å². The summed E-state index contributed by atoms with van der Waals surface area (Å²) >= 11 is 0. The summed E-state index contributed by atoms with van der Waals surface area (Å²) in [4.78, 5) is 2.25. The van der Waals surface area contributed by atoms with Crippen molar-refractivity contribution in [3.63, 3.8) is 0 Å². The predicted molar refractivity (Wildman–Crippen MR) is 77.2 cm³/mol. The topological polar surface area (TPSA) is 52.9 Å². The first-order chi connectivity index (χ1) is 8.99. The molecule has 0 aromatic heterocycles. The molecule has 1 aliphatic carbocycles. The van der Waals surface area contributed by atoms with Gasteiger partial charge in [0.1, 0.15) is 0 Å². The fourth-order valence-electron chi connectivity index (χ4n) is 2.79. The third-order valence-corrected chi connectivity index (χ3v) is 3.66. The highest BCUT2D eigenvalue weighted by molar-refractivity contribution is 4.79. The van der Waals surface area contributed by atoms with Crippen LogP contribution in [0.5, 0.6) is 0 Å². The van der Waals surface area contributed by atoms with Crippen LogP contribution in [0.25, 0.3) is 0 Å². The average Bonchev–Trinajstić information content (AvgIpc) is 2.36. The lowest BCUT2D eigenvalue weighted by molar-refractivity contribution is -0.0237. The van der Waals surface area contributed by atoms with Crippen LogP contribution in [0.4, 0.5) is 0 Å². The molecule has 0 heterocycles. The van der Waals surface area contributed by atoms with Crippen LogP contribution in [0.15, 0.2) is 0 Å². The van der Waals surface area contributed by atoms with Crippen molar-refractivity contribution < 1.29 is 14.9 Å². The summed E-state index contributed by atoms with van der Waals surface area (Å²) < 4.78 is 5.46. The van der Waals surface area contributed by atoms with Gasteiger partial charge in [-0.3, -0.25) is 4.90 Å². The van der Waals surface area contributed by atoms with Gasteiger partial charge in [0, 0.05) is 19.1 Å². The second-order valence-electron chi connectivity index (χ2n) is 6.13. The Morgan fingerprint density at radius 1 is 1.05 bits per heavy atom. The third-order valence-electron chi connectivity index (χ3n) is 3.66. The van der Waals surface area contributed by atoms with Crippen molar-refractivity contribution in [3.05, 3.63) is 0 Å². The van der Waals surface area contributed by atoms with E-state index in [9.17, 15) is 10.2 Å². The molecule has 1 rings (SSSR count). The van der Waals surface area contributed by atoms with Gasteiger partial charge >= 0.3 is 0 Å². The first-order valence-corrected chi connectivity index (χ1v) is 7.70. The predicted octanol–water partition coefficient (Wildman–Crippen LogP) is 1.79. The zero-order valence-corrected chi connectivity index (χ0v) is 12.7. The highest BCUT2D eigenvalue weighted by atomic mass is 16.5. The Labute approximate surface area is 117 Å². The van der Waals surface area contributed by atoms with Crippen LogP contribution in [0.3, 0.4) is 0 Å². The van der Waals surface area contributed by atoms with Crippen LogP contribution in [0.1, 0.15) is 52.9 Å². The van der Waals surface area contributed by atoms with Gasteiger partial charge in [0.25, 0.3) is 0 Å². The van der Waals surface area contributed by atoms with Crippen molar-refractivity contribution in [2.75, 3.05) is 19.7 Å². The number of hydrogen-bond acceptors (Lipinski definition) is 4. The van der Waals surface area contributed by atoms with Gasteiger partial charge in [-0.1, -0.05) is 19.3 Å². The van der Waals surface area contributed by atoms with Gasteiger partial charge in [0.05, 0.1) is 24.9 Å². The summed E-state index contributed by atoms with van der Waals surface area (Å²) in [5.41, 5.74) is 0. The van der Waals surface area contributed by atoms with Gasteiger partial charge in [0.15, 0.2) is 0 Å². The first-order valence-electron chi connectivity index (χ1n) is 7.70. The highest BCUT2D eigenvalue weighted by Crippen LogP contribution is 2.23. The Kier molecular flexibility index (Phi) is 7.91. The van der Waals surface area contributed by atoms with Gasteiger partial charge in [-0.25, -0.2) is 0 Å². The number of hydrogen-bond donors (Lipinski definition) is 2. The Bertz CT molecular complexity index is 227. The zero-order chi connectivity index (χ0) is 14.3. The van der Waals surface area contributed by atoms with Crippen LogP contribution in [-0.2, 0) is 4.74 Å². The molecule has 0 aliphatic heterocycles. The van der Waals surface area contributed by atoms with Gasteiger partial charge in [-0.15, -0.1) is 0 Å². The Morgan fingerprint density at radius 2 is 1.68 bits per heavy atom. The molecule has 1 saturated carbocycles. The van der Waals surface area contributed by atoms with Crippen molar-refractivity contribution in [2.45, 2.75) is 77.2 Å². The molecule has 0 radical (unpaired) electrons. The number of rotatable bonds is 8. The molecular weight excluding hydrogens is 242 g/mol. The Hall–Kier alpha value is -0.160. The summed E-state index contributed by atoms with van der Waals surface area (Å²) in [5, 5.41) is 19.7. The Morgan fingerprint density at radius 3 is 2.21 bits per heavy atom. The maximum Gasteiger partial charge on any atom is 0.0900 e. The lowest BCUT2D eigenvalue weighted by Crippen LogP contribution is -2.46. The van der Waals surface area contributed by atoms with E-state index in [-0.39, 0.29) is 12.2 Å². The van der Waals surface area contributed by atoms with E-state index in [0.29, 0.717) is 25.7 Å².